The van der Waals surface area contributed by atoms with Gasteiger partial charge in [0.25, 0.3) is 0 Å². The molecule has 3 rings (SSSR count). The molecular formula is C27H29FO5. The highest BCUT2D eigenvalue weighted by Crippen LogP contribution is 2.33. The molecule has 3 N–H and O–H groups in total. The number of ether oxygens (including phenoxy) is 1. The summed E-state index contributed by atoms with van der Waals surface area (Å²) in [5, 5.41) is 29.5. The number of unbranched alkanes of at least 4 members (excludes halogenated alkanes) is 1. The number of hydrogen-bond donors (Lipinski definition) is 3. The van der Waals surface area contributed by atoms with E-state index in [0.717, 1.165) is 42.4 Å². The number of hydrogen-bond acceptors (Lipinski definition) is 4. The van der Waals surface area contributed by atoms with Gasteiger partial charge in [0.05, 0.1) is 6.61 Å². The van der Waals surface area contributed by atoms with Crippen LogP contribution in [0.2, 0.25) is 0 Å². The summed E-state index contributed by atoms with van der Waals surface area (Å²) >= 11 is 0. The fourth-order valence-electron chi connectivity index (χ4n) is 3.87. The molecular weight excluding hydrogens is 423 g/mol. The van der Waals surface area contributed by atoms with E-state index in [2.05, 4.69) is 6.92 Å². The number of phenolic OH excluding ortho intramolecular Hbond substituents is 2. The van der Waals surface area contributed by atoms with Gasteiger partial charge in [-0.2, -0.15) is 0 Å². The molecule has 0 aliphatic heterocycles. The van der Waals surface area contributed by atoms with Gasteiger partial charge in [0.15, 0.2) is 0 Å². The first-order chi connectivity index (χ1) is 15.9. The molecule has 0 aliphatic carbocycles. The van der Waals surface area contributed by atoms with Crippen molar-refractivity contribution in [1.29, 1.82) is 0 Å². The summed E-state index contributed by atoms with van der Waals surface area (Å²) in [6.45, 7) is 2.50. The van der Waals surface area contributed by atoms with E-state index < -0.39 is 5.97 Å². The zero-order chi connectivity index (χ0) is 23.8. The molecule has 0 unspecified atom stereocenters. The van der Waals surface area contributed by atoms with Crippen molar-refractivity contribution in [3.05, 3.63) is 77.1 Å². The van der Waals surface area contributed by atoms with Crippen molar-refractivity contribution in [2.45, 2.75) is 45.4 Å². The number of benzene rings is 3. The molecule has 3 aromatic rings. The first kappa shape index (κ1) is 24.1. The van der Waals surface area contributed by atoms with Crippen molar-refractivity contribution >= 4 is 5.97 Å². The molecule has 3 aromatic carbocycles. The Bertz CT molecular complexity index is 1090. The summed E-state index contributed by atoms with van der Waals surface area (Å²) in [5.74, 6) is -0.519. The molecule has 6 heteroatoms. The van der Waals surface area contributed by atoms with Crippen LogP contribution in [0.15, 0.2) is 54.6 Å². The minimum Gasteiger partial charge on any atom is -0.508 e. The van der Waals surface area contributed by atoms with E-state index in [9.17, 15) is 19.4 Å². The monoisotopic (exact) mass is 452 g/mol. The third-order valence-electron chi connectivity index (χ3n) is 5.65. The molecule has 5 nitrogen and oxygen atoms in total. The highest BCUT2D eigenvalue weighted by Gasteiger charge is 2.12. The lowest BCUT2D eigenvalue weighted by atomic mass is 9.94. The van der Waals surface area contributed by atoms with Gasteiger partial charge in [0.2, 0.25) is 0 Å². The second kappa shape index (κ2) is 11.4. The summed E-state index contributed by atoms with van der Waals surface area (Å²) in [4.78, 5) is 10.9. The van der Waals surface area contributed by atoms with E-state index in [1.807, 2.05) is 6.07 Å². The van der Waals surface area contributed by atoms with Crippen LogP contribution in [0.25, 0.3) is 11.1 Å². The number of carbonyl (C=O) groups is 1. The molecule has 0 amide bonds. The summed E-state index contributed by atoms with van der Waals surface area (Å²) in [6, 6.07) is 14.8. The van der Waals surface area contributed by atoms with Gasteiger partial charge >= 0.3 is 5.97 Å². The topological polar surface area (TPSA) is 87.0 Å². The van der Waals surface area contributed by atoms with Crippen LogP contribution in [0.1, 0.15) is 42.9 Å². The normalized spacial score (nSPS) is 10.8. The number of rotatable bonds is 11. The van der Waals surface area contributed by atoms with Crippen molar-refractivity contribution in [3.63, 3.8) is 0 Å². The highest BCUT2D eigenvalue weighted by molar-refractivity contribution is 5.71. The van der Waals surface area contributed by atoms with Crippen molar-refractivity contribution in [2.24, 2.45) is 0 Å². The summed E-state index contributed by atoms with van der Waals surface area (Å²) < 4.78 is 19.0. The number of phenols is 2. The SMILES string of the molecule is CCc1cc(-c2ccc(F)cc2)c(O)cc1CCCCOc1cccc(O)c1CCC(=O)O. The van der Waals surface area contributed by atoms with E-state index in [1.165, 1.54) is 18.2 Å². The zero-order valence-corrected chi connectivity index (χ0v) is 18.7. The summed E-state index contributed by atoms with van der Waals surface area (Å²) in [7, 11) is 0. The standard InChI is InChI=1S/C27H29FO5/c1-2-18-16-23(19-9-11-21(28)12-10-19)25(30)17-20(18)6-3-4-15-33-26-8-5-7-24(29)22(26)13-14-27(31)32/h5,7-12,16-17,29-30H,2-4,6,13-15H2,1H3,(H,31,32). The Morgan fingerprint density at radius 2 is 1.70 bits per heavy atom. The molecule has 0 heterocycles. The van der Waals surface area contributed by atoms with Crippen LogP contribution in [0.3, 0.4) is 0 Å². The maximum atomic E-state index is 13.2. The molecule has 0 aromatic heterocycles. The van der Waals surface area contributed by atoms with Gasteiger partial charge in [-0.25, -0.2) is 4.39 Å². The van der Waals surface area contributed by atoms with Crippen LogP contribution in [0, 0.1) is 5.82 Å². The van der Waals surface area contributed by atoms with Gasteiger partial charge < -0.3 is 20.1 Å². The maximum Gasteiger partial charge on any atom is 0.303 e. The van der Waals surface area contributed by atoms with Crippen LogP contribution in [-0.4, -0.2) is 27.9 Å². The second-order valence-corrected chi connectivity index (χ2v) is 7.95. The smallest absolute Gasteiger partial charge is 0.303 e. The van der Waals surface area contributed by atoms with Crippen molar-refractivity contribution in [1.82, 2.24) is 0 Å². The van der Waals surface area contributed by atoms with Crippen molar-refractivity contribution in [3.8, 4) is 28.4 Å². The van der Waals surface area contributed by atoms with Crippen LogP contribution in [-0.2, 0) is 24.1 Å². The molecule has 174 valence electrons. The Balaban J connectivity index is 1.59. The largest absolute Gasteiger partial charge is 0.508 e. The molecule has 0 saturated heterocycles. The molecule has 0 bridgehead atoms. The molecule has 33 heavy (non-hydrogen) atoms. The van der Waals surface area contributed by atoms with Crippen molar-refractivity contribution < 1.29 is 29.2 Å². The summed E-state index contributed by atoms with van der Waals surface area (Å²) in [6.07, 6.45) is 3.32. The summed E-state index contributed by atoms with van der Waals surface area (Å²) in [5.41, 5.74) is 4.18. The van der Waals surface area contributed by atoms with Gasteiger partial charge in [-0.05, 0) is 85.2 Å². The zero-order valence-electron chi connectivity index (χ0n) is 18.7. The van der Waals surface area contributed by atoms with E-state index in [1.54, 1.807) is 30.3 Å². The first-order valence-corrected chi connectivity index (χ1v) is 11.1. The van der Waals surface area contributed by atoms with E-state index in [0.29, 0.717) is 23.5 Å². The number of carboxylic acid groups (broad SMARTS) is 1. The number of aliphatic carboxylic acids is 1. The molecule has 0 aliphatic rings. The molecule has 0 fully saturated rings. The fraction of sp³-hybridized carbons (Fsp3) is 0.296. The molecule has 0 saturated carbocycles. The quantitative estimate of drug-likeness (QED) is 0.316. The van der Waals surface area contributed by atoms with Gasteiger partial charge in [-0.15, -0.1) is 0 Å². The number of halogens is 1. The predicted molar refractivity (Wildman–Crippen MR) is 125 cm³/mol. The van der Waals surface area contributed by atoms with Crippen LogP contribution >= 0.6 is 0 Å². The highest BCUT2D eigenvalue weighted by atomic mass is 19.1. The van der Waals surface area contributed by atoms with Gasteiger partial charge in [-0.3, -0.25) is 4.79 Å². The number of aromatic hydroxyl groups is 2. The fourth-order valence-corrected chi connectivity index (χ4v) is 3.87. The third kappa shape index (κ3) is 6.48. The Hall–Kier alpha value is -3.54. The van der Waals surface area contributed by atoms with Crippen LogP contribution in [0.5, 0.6) is 17.2 Å². The minimum atomic E-state index is -0.926. The number of aryl methyl sites for hydroxylation is 2. The average molecular weight is 453 g/mol. The Labute approximate surface area is 193 Å². The Morgan fingerprint density at radius 3 is 2.39 bits per heavy atom. The molecule has 0 radical (unpaired) electrons. The van der Waals surface area contributed by atoms with Crippen molar-refractivity contribution in [2.75, 3.05) is 6.61 Å². The molecule has 0 spiro atoms. The van der Waals surface area contributed by atoms with Gasteiger partial charge in [-0.1, -0.05) is 25.1 Å². The average Bonchev–Trinajstić information content (AvgIpc) is 2.79. The van der Waals surface area contributed by atoms with E-state index in [-0.39, 0.29) is 30.2 Å². The van der Waals surface area contributed by atoms with Crippen LogP contribution in [0.4, 0.5) is 4.39 Å². The predicted octanol–water partition coefficient (Wildman–Crippen LogP) is 5.89. The maximum absolute atomic E-state index is 13.2. The lowest BCUT2D eigenvalue weighted by Crippen LogP contribution is -2.04. The van der Waals surface area contributed by atoms with Crippen LogP contribution < -0.4 is 4.74 Å². The Morgan fingerprint density at radius 1 is 0.939 bits per heavy atom. The first-order valence-electron chi connectivity index (χ1n) is 11.1. The lowest BCUT2D eigenvalue weighted by molar-refractivity contribution is -0.136. The molecule has 0 atom stereocenters. The number of carboxylic acids is 1. The lowest BCUT2D eigenvalue weighted by Gasteiger charge is -2.14. The minimum absolute atomic E-state index is 0.0399. The third-order valence-corrected chi connectivity index (χ3v) is 5.65. The van der Waals surface area contributed by atoms with E-state index >= 15 is 0 Å². The second-order valence-electron chi connectivity index (χ2n) is 7.95. The van der Waals surface area contributed by atoms with Gasteiger partial charge in [0, 0.05) is 17.5 Å². The van der Waals surface area contributed by atoms with E-state index in [4.69, 9.17) is 9.84 Å². The Kier molecular flexibility index (Phi) is 8.30. The van der Waals surface area contributed by atoms with Gasteiger partial charge in [0.1, 0.15) is 23.1 Å².